The quantitative estimate of drug-likeness (QED) is 0.800. The molecule has 1 N–H and O–H groups in total. The van der Waals surface area contributed by atoms with Gasteiger partial charge in [0.15, 0.2) is 0 Å². The first-order valence-corrected chi connectivity index (χ1v) is 8.69. The lowest BCUT2D eigenvalue weighted by Gasteiger charge is -2.36. The fraction of sp³-hybridized carbons (Fsp3) is 0.923. The molecule has 2 atom stereocenters. The standard InChI is InChI=1S/C13H25N3O3S/c1-10-6-11(2)8-16(7-10)20(18,19)15(3)9-13(17)14-12-4-5-12/h10-12H,4-9H2,1-3H3,(H,14,17). The molecular formula is C13H25N3O3S. The summed E-state index contributed by atoms with van der Waals surface area (Å²) >= 11 is 0. The second kappa shape index (κ2) is 5.99. The minimum atomic E-state index is -3.53. The Bertz CT molecular complexity index is 451. The number of likely N-dealkylation sites (N-methyl/N-ethyl adjacent to an activating group) is 1. The van der Waals surface area contributed by atoms with Gasteiger partial charge in [0.05, 0.1) is 6.54 Å². The number of hydrogen-bond acceptors (Lipinski definition) is 3. The first-order chi connectivity index (χ1) is 9.29. The highest BCUT2D eigenvalue weighted by molar-refractivity contribution is 7.86. The van der Waals surface area contributed by atoms with Crippen LogP contribution in [0.2, 0.25) is 0 Å². The fourth-order valence-electron chi connectivity index (χ4n) is 2.78. The molecule has 1 heterocycles. The Morgan fingerprint density at radius 2 is 1.80 bits per heavy atom. The molecule has 2 fully saturated rings. The molecule has 0 spiro atoms. The number of carbonyl (C=O) groups excluding carboxylic acids is 1. The molecule has 1 aliphatic carbocycles. The van der Waals surface area contributed by atoms with Crippen LogP contribution >= 0.6 is 0 Å². The average Bonchev–Trinajstić information content (AvgIpc) is 3.11. The van der Waals surface area contributed by atoms with E-state index >= 15 is 0 Å². The lowest BCUT2D eigenvalue weighted by molar-refractivity contribution is -0.121. The van der Waals surface area contributed by atoms with Crippen molar-refractivity contribution >= 4 is 16.1 Å². The monoisotopic (exact) mass is 303 g/mol. The van der Waals surface area contributed by atoms with E-state index in [0.717, 1.165) is 23.6 Å². The van der Waals surface area contributed by atoms with E-state index in [-0.39, 0.29) is 18.5 Å². The van der Waals surface area contributed by atoms with Gasteiger partial charge in [0.1, 0.15) is 0 Å². The molecule has 2 unspecified atom stereocenters. The maximum absolute atomic E-state index is 12.5. The Balaban J connectivity index is 1.95. The van der Waals surface area contributed by atoms with Gasteiger partial charge in [-0.1, -0.05) is 13.8 Å². The fourth-order valence-corrected chi connectivity index (χ4v) is 4.34. The van der Waals surface area contributed by atoms with Gasteiger partial charge in [-0.05, 0) is 31.1 Å². The number of amides is 1. The molecule has 0 aromatic heterocycles. The molecule has 20 heavy (non-hydrogen) atoms. The van der Waals surface area contributed by atoms with Crippen LogP contribution in [0, 0.1) is 11.8 Å². The van der Waals surface area contributed by atoms with Crippen LogP contribution in [0.3, 0.4) is 0 Å². The molecule has 7 heteroatoms. The number of hydrogen-bond donors (Lipinski definition) is 1. The number of rotatable bonds is 5. The molecule has 1 amide bonds. The van der Waals surface area contributed by atoms with Gasteiger partial charge in [0, 0.05) is 26.2 Å². The van der Waals surface area contributed by atoms with E-state index in [4.69, 9.17) is 0 Å². The summed E-state index contributed by atoms with van der Waals surface area (Å²) in [6, 6.07) is 0.258. The van der Waals surface area contributed by atoms with E-state index in [9.17, 15) is 13.2 Å². The Kier molecular flexibility index (Phi) is 4.71. The molecule has 2 rings (SSSR count). The number of nitrogens with zero attached hydrogens (tertiary/aromatic N) is 2. The predicted molar refractivity (Wildman–Crippen MR) is 77.2 cm³/mol. The highest BCUT2D eigenvalue weighted by Crippen LogP contribution is 2.24. The lowest BCUT2D eigenvalue weighted by Crippen LogP contribution is -2.50. The molecule has 1 saturated heterocycles. The number of nitrogens with one attached hydrogen (secondary N) is 1. The molecule has 0 radical (unpaired) electrons. The summed E-state index contributed by atoms with van der Waals surface area (Å²) in [6.45, 7) is 5.12. The Morgan fingerprint density at radius 3 is 2.30 bits per heavy atom. The zero-order valence-electron chi connectivity index (χ0n) is 12.5. The van der Waals surface area contributed by atoms with Crippen molar-refractivity contribution in [3.05, 3.63) is 0 Å². The normalized spacial score (nSPS) is 28.6. The summed E-state index contributed by atoms with van der Waals surface area (Å²) in [7, 11) is -2.05. The second-order valence-electron chi connectivity index (χ2n) is 6.37. The smallest absolute Gasteiger partial charge is 0.282 e. The minimum absolute atomic E-state index is 0.0991. The third-order valence-corrected chi connectivity index (χ3v) is 5.73. The minimum Gasteiger partial charge on any atom is -0.352 e. The van der Waals surface area contributed by atoms with Gasteiger partial charge in [-0.25, -0.2) is 0 Å². The Morgan fingerprint density at radius 1 is 1.25 bits per heavy atom. The van der Waals surface area contributed by atoms with Crippen LogP contribution in [0.1, 0.15) is 33.1 Å². The van der Waals surface area contributed by atoms with Gasteiger partial charge < -0.3 is 5.32 Å². The average molecular weight is 303 g/mol. The highest BCUT2D eigenvalue weighted by atomic mass is 32.2. The first kappa shape index (κ1) is 15.7. The Hall–Kier alpha value is -0.660. The number of piperidine rings is 1. The van der Waals surface area contributed by atoms with Gasteiger partial charge in [-0.15, -0.1) is 0 Å². The maximum atomic E-state index is 12.5. The molecular weight excluding hydrogens is 278 g/mol. The lowest BCUT2D eigenvalue weighted by atomic mass is 9.94. The molecule has 1 aliphatic heterocycles. The van der Waals surface area contributed by atoms with E-state index in [2.05, 4.69) is 19.2 Å². The third kappa shape index (κ3) is 3.93. The van der Waals surface area contributed by atoms with Crippen molar-refractivity contribution in [2.45, 2.75) is 39.2 Å². The van der Waals surface area contributed by atoms with E-state index in [1.165, 1.54) is 11.4 Å². The van der Waals surface area contributed by atoms with Crippen LogP contribution in [-0.4, -0.2) is 55.7 Å². The van der Waals surface area contributed by atoms with Gasteiger partial charge in [0.2, 0.25) is 5.91 Å². The van der Waals surface area contributed by atoms with E-state index < -0.39 is 10.2 Å². The van der Waals surface area contributed by atoms with Crippen LogP contribution < -0.4 is 5.32 Å². The van der Waals surface area contributed by atoms with Crippen molar-refractivity contribution in [1.29, 1.82) is 0 Å². The van der Waals surface area contributed by atoms with Gasteiger partial charge in [-0.3, -0.25) is 4.79 Å². The number of carbonyl (C=O) groups is 1. The molecule has 116 valence electrons. The molecule has 0 bridgehead atoms. The van der Waals surface area contributed by atoms with Crippen molar-refractivity contribution in [2.75, 3.05) is 26.7 Å². The van der Waals surface area contributed by atoms with Crippen LogP contribution in [0.15, 0.2) is 0 Å². The molecule has 6 nitrogen and oxygen atoms in total. The molecule has 2 aliphatic rings. The summed E-state index contributed by atoms with van der Waals surface area (Å²) in [6.07, 6.45) is 3.06. The van der Waals surface area contributed by atoms with Gasteiger partial charge in [-0.2, -0.15) is 17.0 Å². The van der Waals surface area contributed by atoms with E-state index in [0.29, 0.717) is 24.9 Å². The van der Waals surface area contributed by atoms with Gasteiger partial charge >= 0.3 is 0 Å². The highest BCUT2D eigenvalue weighted by Gasteiger charge is 2.34. The SMILES string of the molecule is CC1CC(C)CN(S(=O)(=O)N(C)CC(=O)NC2CC2)C1. The topological polar surface area (TPSA) is 69.7 Å². The van der Waals surface area contributed by atoms with Crippen molar-refractivity contribution < 1.29 is 13.2 Å². The summed E-state index contributed by atoms with van der Waals surface area (Å²) < 4.78 is 27.6. The van der Waals surface area contributed by atoms with Crippen molar-refractivity contribution in [3.63, 3.8) is 0 Å². The van der Waals surface area contributed by atoms with Crippen LogP contribution in [0.25, 0.3) is 0 Å². The largest absolute Gasteiger partial charge is 0.352 e. The molecule has 0 aromatic carbocycles. The predicted octanol–water partition coefficient (Wildman–Crippen LogP) is 0.420. The molecule has 0 aromatic rings. The van der Waals surface area contributed by atoms with Crippen molar-refractivity contribution in [2.24, 2.45) is 11.8 Å². The van der Waals surface area contributed by atoms with E-state index in [1.807, 2.05) is 0 Å². The van der Waals surface area contributed by atoms with Crippen molar-refractivity contribution in [3.8, 4) is 0 Å². The van der Waals surface area contributed by atoms with Crippen molar-refractivity contribution in [1.82, 2.24) is 13.9 Å². The summed E-state index contributed by atoms with van der Waals surface area (Å²) in [5, 5.41) is 2.81. The summed E-state index contributed by atoms with van der Waals surface area (Å²) in [5.41, 5.74) is 0. The van der Waals surface area contributed by atoms with E-state index in [1.54, 1.807) is 0 Å². The maximum Gasteiger partial charge on any atom is 0.282 e. The molecule has 1 saturated carbocycles. The van der Waals surface area contributed by atoms with Crippen LogP contribution in [0.4, 0.5) is 0 Å². The van der Waals surface area contributed by atoms with Crippen LogP contribution in [-0.2, 0) is 15.0 Å². The second-order valence-corrected chi connectivity index (χ2v) is 8.40. The third-order valence-electron chi connectivity index (χ3n) is 3.86. The first-order valence-electron chi connectivity index (χ1n) is 7.29. The Labute approximate surface area is 121 Å². The summed E-state index contributed by atoms with van der Waals surface area (Å²) in [4.78, 5) is 11.7. The zero-order valence-corrected chi connectivity index (χ0v) is 13.3. The summed E-state index contributed by atoms with van der Waals surface area (Å²) in [5.74, 6) is 0.515. The van der Waals surface area contributed by atoms with Gasteiger partial charge in [0.25, 0.3) is 10.2 Å². The van der Waals surface area contributed by atoms with Crippen LogP contribution in [0.5, 0.6) is 0 Å². The zero-order chi connectivity index (χ0) is 14.9.